The van der Waals surface area contributed by atoms with Crippen molar-refractivity contribution in [2.24, 2.45) is 0 Å². The minimum absolute atomic E-state index is 0.0328. The molecule has 0 aliphatic carbocycles. The Morgan fingerprint density at radius 1 is 1.00 bits per heavy atom. The molecule has 1 heterocycles. The maximum Gasteiger partial charge on any atom is 0.323 e. The molecule has 0 aromatic carbocycles. The van der Waals surface area contributed by atoms with Gasteiger partial charge in [-0.2, -0.15) is 15.0 Å². The van der Waals surface area contributed by atoms with E-state index in [0.717, 1.165) is 32.7 Å². The predicted molar refractivity (Wildman–Crippen MR) is 86.0 cm³/mol. The van der Waals surface area contributed by atoms with Gasteiger partial charge in [-0.1, -0.05) is 13.8 Å². The van der Waals surface area contributed by atoms with Crippen molar-refractivity contribution < 1.29 is 4.74 Å². The van der Waals surface area contributed by atoms with Crippen LogP contribution in [0, 0.1) is 0 Å². The number of nitrogens with one attached hydrogen (secondary N) is 2. The summed E-state index contributed by atoms with van der Waals surface area (Å²) in [5.74, 6) is 1.08. The van der Waals surface area contributed by atoms with Crippen molar-refractivity contribution in [1.29, 1.82) is 0 Å². The molecule has 7 heteroatoms. The van der Waals surface area contributed by atoms with E-state index in [1.165, 1.54) is 0 Å². The molecule has 0 fully saturated rings. The lowest BCUT2D eigenvalue weighted by molar-refractivity contribution is 0.222. The summed E-state index contributed by atoms with van der Waals surface area (Å²) in [6, 6.07) is 0.348. The minimum atomic E-state index is 0.0328. The Bertz CT molecular complexity index is 408. The number of hydrogen-bond acceptors (Lipinski definition) is 7. The zero-order chi connectivity index (χ0) is 15.7. The smallest absolute Gasteiger partial charge is 0.323 e. The molecule has 1 rings (SSSR count). The Morgan fingerprint density at radius 2 is 1.62 bits per heavy atom. The van der Waals surface area contributed by atoms with Crippen LogP contribution < -0.4 is 15.4 Å². The summed E-state index contributed by atoms with van der Waals surface area (Å²) >= 11 is 0. The highest BCUT2D eigenvalue weighted by molar-refractivity contribution is 5.35. The summed E-state index contributed by atoms with van der Waals surface area (Å²) in [6.45, 7) is 14.8. The van der Waals surface area contributed by atoms with Crippen LogP contribution in [0.1, 0.15) is 34.6 Å². The van der Waals surface area contributed by atoms with Gasteiger partial charge < -0.3 is 20.3 Å². The van der Waals surface area contributed by atoms with Gasteiger partial charge in [0.1, 0.15) is 0 Å². The van der Waals surface area contributed by atoms with Crippen molar-refractivity contribution in [2.75, 3.05) is 43.4 Å². The molecule has 120 valence electrons. The highest BCUT2D eigenvalue weighted by atomic mass is 16.5. The quantitative estimate of drug-likeness (QED) is 0.682. The summed E-state index contributed by atoms with van der Waals surface area (Å²) in [5, 5.41) is 6.32. The van der Waals surface area contributed by atoms with Gasteiger partial charge in [-0.3, -0.25) is 0 Å². The van der Waals surface area contributed by atoms with Gasteiger partial charge in [0.25, 0.3) is 0 Å². The fourth-order valence-electron chi connectivity index (χ4n) is 1.80. The van der Waals surface area contributed by atoms with E-state index >= 15 is 0 Å². The van der Waals surface area contributed by atoms with E-state index in [0.29, 0.717) is 17.9 Å². The van der Waals surface area contributed by atoms with Gasteiger partial charge in [-0.15, -0.1) is 0 Å². The lowest BCUT2D eigenvalue weighted by Gasteiger charge is -2.18. The maximum absolute atomic E-state index is 5.56. The fraction of sp³-hybridized carbons (Fsp3) is 0.786. The zero-order valence-electron chi connectivity index (χ0n) is 13.8. The Kier molecular flexibility index (Phi) is 7.74. The third-order valence-electron chi connectivity index (χ3n) is 2.90. The van der Waals surface area contributed by atoms with Crippen LogP contribution >= 0.6 is 0 Å². The molecule has 0 aliphatic heterocycles. The van der Waals surface area contributed by atoms with Crippen LogP contribution in [-0.4, -0.2) is 58.7 Å². The normalized spacial score (nSPS) is 11.0. The molecule has 1 aromatic rings. The standard InChI is InChI=1S/C14H28N6O/c1-6-15-12-17-13(16-9-10-20(7-2)8-3)19-14(18-12)21-11(4)5/h11H,6-10H2,1-5H3,(H2,15,16,17,18,19). The molecular weight excluding hydrogens is 268 g/mol. The Hall–Kier alpha value is -1.63. The average molecular weight is 296 g/mol. The summed E-state index contributed by atoms with van der Waals surface area (Å²) in [7, 11) is 0. The second-order valence-electron chi connectivity index (χ2n) is 4.92. The minimum Gasteiger partial charge on any atom is -0.461 e. The molecule has 0 saturated heterocycles. The van der Waals surface area contributed by atoms with Crippen molar-refractivity contribution in [1.82, 2.24) is 19.9 Å². The van der Waals surface area contributed by atoms with Gasteiger partial charge in [0, 0.05) is 19.6 Å². The first-order chi connectivity index (χ1) is 10.1. The van der Waals surface area contributed by atoms with Crippen molar-refractivity contribution >= 4 is 11.9 Å². The molecule has 21 heavy (non-hydrogen) atoms. The summed E-state index contributed by atoms with van der Waals surface area (Å²) < 4.78 is 5.56. The molecule has 0 unspecified atom stereocenters. The van der Waals surface area contributed by atoms with E-state index in [2.05, 4.69) is 44.3 Å². The molecule has 0 atom stereocenters. The number of nitrogens with zero attached hydrogens (tertiary/aromatic N) is 4. The number of likely N-dealkylation sites (N-methyl/N-ethyl adjacent to an activating group) is 1. The van der Waals surface area contributed by atoms with E-state index in [-0.39, 0.29) is 6.10 Å². The van der Waals surface area contributed by atoms with Crippen LogP contribution in [0.2, 0.25) is 0 Å². The lowest BCUT2D eigenvalue weighted by atomic mass is 10.4. The first kappa shape index (κ1) is 17.4. The van der Waals surface area contributed by atoms with E-state index in [1.807, 2.05) is 20.8 Å². The van der Waals surface area contributed by atoms with Crippen LogP contribution in [0.3, 0.4) is 0 Å². The van der Waals surface area contributed by atoms with Crippen molar-refractivity contribution in [3.63, 3.8) is 0 Å². The second-order valence-corrected chi connectivity index (χ2v) is 4.92. The third kappa shape index (κ3) is 6.57. The molecule has 1 aromatic heterocycles. The molecule has 0 bridgehead atoms. The molecule has 7 nitrogen and oxygen atoms in total. The van der Waals surface area contributed by atoms with Crippen molar-refractivity contribution in [2.45, 2.75) is 40.7 Å². The topological polar surface area (TPSA) is 75.2 Å². The highest BCUT2D eigenvalue weighted by Crippen LogP contribution is 2.12. The van der Waals surface area contributed by atoms with E-state index in [1.54, 1.807) is 0 Å². The monoisotopic (exact) mass is 296 g/mol. The third-order valence-corrected chi connectivity index (χ3v) is 2.90. The number of rotatable bonds is 10. The fourth-order valence-corrected chi connectivity index (χ4v) is 1.80. The molecule has 2 N–H and O–H groups in total. The first-order valence-electron chi connectivity index (χ1n) is 7.71. The van der Waals surface area contributed by atoms with Gasteiger partial charge in [0.2, 0.25) is 11.9 Å². The van der Waals surface area contributed by atoms with Crippen molar-refractivity contribution in [3.8, 4) is 6.01 Å². The Morgan fingerprint density at radius 3 is 2.14 bits per heavy atom. The molecule has 0 aliphatic rings. The molecule has 0 radical (unpaired) electrons. The van der Waals surface area contributed by atoms with E-state index < -0.39 is 0 Å². The van der Waals surface area contributed by atoms with Crippen LogP contribution in [0.4, 0.5) is 11.9 Å². The SMILES string of the molecule is CCNc1nc(NCCN(CC)CC)nc(OC(C)C)n1. The molecule has 0 amide bonds. The predicted octanol–water partition coefficient (Wildman–Crippen LogP) is 1.84. The first-order valence-corrected chi connectivity index (χ1v) is 7.71. The average Bonchev–Trinajstić information content (AvgIpc) is 2.43. The largest absolute Gasteiger partial charge is 0.461 e. The van der Waals surface area contributed by atoms with Gasteiger partial charge >= 0.3 is 6.01 Å². The second kappa shape index (κ2) is 9.33. The number of ether oxygens (including phenoxy) is 1. The Labute approximate surface area is 127 Å². The van der Waals surface area contributed by atoms with Gasteiger partial charge in [0.15, 0.2) is 0 Å². The van der Waals surface area contributed by atoms with Crippen LogP contribution in [-0.2, 0) is 0 Å². The van der Waals surface area contributed by atoms with Crippen molar-refractivity contribution in [3.05, 3.63) is 0 Å². The summed E-state index contributed by atoms with van der Waals surface area (Å²) in [4.78, 5) is 15.2. The summed E-state index contributed by atoms with van der Waals surface area (Å²) in [6.07, 6.45) is 0.0328. The van der Waals surface area contributed by atoms with Gasteiger partial charge in [0.05, 0.1) is 6.10 Å². The van der Waals surface area contributed by atoms with Gasteiger partial charge in [-0.25, -0.2) is 0 Å². The summed E-state index contributed by atoms with van der Waals surface area (Å²) in [5.41, 5.74) is 0. The van der Waals surface area contributed by atoms with Crippen LogP contribution in [0.25, 0.3) is 0 Å². The molecule has 0 spiro atoms. The van der Waals surface area contributed by atoms with Crippen LogP contribution in [0.15, 0.2) is 0 Å². The van der Waals surface area contributed by atoms with Gasteiger partial charge in [-0.05, 0) is 33.9 Å². The Balaban J connectivity index is 2.68. The number of anilines is 2. The highest BCUT2D eigenvalue weighted by Gasteiger charge is 2.08. The molecular formula is C14H28N6O. The zero-order valence-corrected chi connectivity index (χ0v) is 13.8. The maximum atomic E-state index is 5.56. The lowest BCUT2D eigenvalue weighted by Crippen LogP contribution is -2.29. The van der Waals surface area contributed by atoms with Crippen LogP contribution in [0.5, 0.6) is 6.01 Å². The number of hydrogen-bond donors (Lipinski definition) is 2. The van der Waals surface area contributed by atoms with E-state index in [4.69, 9.17) is 4.74 Å². The van der Waals surface area contributed by atoms with E-state index in [9.17, 15) is 0 Å². The number of aromatic nitrogens is 3. The molecule has 0 saturated carbocycles.